The van der Waals surface area contributed by atoms with Gasteiger partial charge in [-0.1, -0.05) is 11.6 Å². The second-order valence-corrected chi connectivity index (χ2v) is 3.43. The first-order chi connectivity index (χ1) is 7.63. The number of nitriles is 1. The van der Waals surface area contributed by atoms with Gasteiger partial charge in [-0.2, -0.15) is 5.26 Å². The summed E-state index contributed by atoms with van der Waals surface area (Å²) in [5, 5.41) is 9.27. The maximum atomic E-state index is 11.5. The van der Waals surface area contributed by atoms with Crippen LogP contribution in [0.4, 0.5) is 0 Å². The Bertz CT molecular complexity index is 452. The lowest BCUT2D eigenvalue weighted by molar-refractivity contribution is 0.0526. The van der Waals surface area contributed by atoms with Crippen molar-refractivity contribution in [3.63, 3.8) is 0 Å². The molecule has 84 valence electrons. The molecule has 0 saturated heterocycles. The molecule has 0 atom stereocenters. The lowest BCUT2D eigenvalue weighted by Crippen LogP contribution is -2.08. The van der Waals surface area contributed by atoms with Crippen LogP contribution in [0.2, 0.25) is 5.02 Å². The summed E-state index contributed by atoms with van der Waals surface area (Å²) in [5.74, 6) is -0.551. The number of benzene rings is 1. The normalized spacial score (nSPS) is 9.62. The van der Waals surface area contributed by atoms with Gasteiger partial charge in [-0.05, 0) is 24.6 Å². The van der Waals surface area contributed by atoms with Gasteiger partial charge in [0.15, 0.2) is 0 Å². The van der Waals surface area contributed by atoms with Gasteiger partial charge in [0.05, 0.1) is 17.7 Å². The monoisotopic (exact) mass is 238 g/mol. The van der Waals surface area contributed by atoms with Crippen LogP contribution in [-0.4, -0.2) is 12.6 Å². The highest BCUT2D eigenvalue weighted by Gasteiger charge is 2.15. The van der Waals surface area contributed by atoms with Crippen molar-refractivity contribution in [3.8, 4) is 6.07 Å². The summed E-state index contributed by atoms with van der Waals surface area (Å²) >= 11 is 5.91. The number of carbonyl (C=O) groups is 1. The van der Waals surface area contributed by atoms with Crippen LogP contribution in [-0.2, 0) is 11.3 Å². The molecular formula is C11H11ClN2O2. The van der Waals surface area contributed by atoms with E-state index in [9.17, 15) is 4.79 Å². The molecule has 0 aliphatic rings. The third-order valence-electron chi connectivity index (χ3n) is 2.02. The van der Waals surface area contributed by atoms with Gasteiger partial charge < -0.3 is 10.5 Å². The highest BCUT2D eigenvalue weighted by Crippen LogP contribution is 2.21. The van der Waals surface area contributed by atoms with Crippen LogP contribution in [0.25, 0.3) is 0 Å². The highest BCUT2D eigenvalue weighted by molar-refractivity contribution is 6.31. The van der Waals surface area contributed by atoms with Gasteiger partial charge in [-0.3, -0.25) is 0 Å². The Morgan fingerprint density at radius 3 is 2.81 bits per heavy atom. The summed E-state index contributed by atoms with van der Waals surface area (Å²) in [6.07, 6.45) is 0. The highest BCUT2D eigenvalue weighted by atomic mass is 35.5. The van der Waals surface area contributed by atoms with Crippen molar-refractivity contribution in [1.29, 1.82) is 5.26 Å². The zero-order valence-corrected chi connectivity index (χ0v) is 9.54. The van der Waals surface area contributed by atoms with Crippen LogP contribution in [0.1, 0.15) is 28.4 Å². The number of hydrogen-bond acceptors (Lipinski definition) is 4. The number of hydrogen-bond donors (Lipinski definition) is 1. The fourth-order valence-electron chi connectivity index (χ4n) is 1.24. The van der Waals surface area contributed by atoms with Gasteiger partial charge in [-0.25, -0.2) is 4.79 Å². The van der Waals surface area contributed by atoms with Crippen molar-refractivity contribution >= 4 is 17.6 Å². The van der Waals surface area contributed by atoms with E-state index in [-0.39, 0.29) is 24.3 Å². The summed E-state index contributed by atoms with van der Waals surface area (Å²) in [6.45, 7) is 2.16. The van der Waals surface area contributed by atoms with Crippen LogP contribution in [0.3, 0.4) is 0 Å². The Morgan fingerprint density at radius 1 is 1.62 bits per heavy atom. The summed E-state index contributed by atoms with van der Waals surface area (Å²) < 4.78 is 4.82. The van der Waals surface area contributed by atoms with Gasteiger partial charge in [-0.15, -0.1) is 0 Å². The summed E-state index contributed by atoms with van der Waals surface area (Å²) in [5.41, 5.74) is 6.48. The molecular weight excluding hydrogens is 228 g/mol. The van der Waals surface area contributed by atoms with Crippen LogP contribution >= 0.6 is 11.6 Å². The smallest absolute Gasteiger partial charge is 0.339 e. The minimum Gasteiger partial charge on any atom is -0.462 e. The third kappa shape index (κ3) is 2.51. The molecule has 1 aromatic carbocycles. The molecule has 5 heteroatoms. The zero-order chi connectivity index (χ0) is 12.1. The first-order valence-corrected chi connectivity index (χ1v) is 5.11. The lowest BCUT2D eigenvalue weighted by Gasteiger charge is -2.07. The molecule has 1 rings (SSSR count). The standard InChI is InChI=1S/C11H11ClN2O2/c1-2-16-11(15)9-4-10(12)8(6-14)3-7(9)5-13/h3-4H,2,6,14H2,1H3. The van der Waals surface area contributed by atoms with Crippen LogP contribution < -0.4 is 5.73 Å². The SMILES string of the molecule is CCOC(=O)c1cc(Cl)c(CN)cc1C#N. The van der Waals surface area contributed by atoms with Crippen LogP contribution in [0.15, 0.2) is 12.1 Å². The van der Waals surface area contributed by atoms with Gasteiger partial charge in [0.1, 0.15) is 6.07 Å². The predicted molar refractivity (Wildman–Crippen MR) is 60.0 cm³/mol. The summed E-state index contributed by atoms with van der Waals surface area (Å²) in [7, 11) is 0. The van der Waals surface area contributed by atoms with Crippen LogP contribution in [0, 0.1) is 11.3 Å². The van der Waals surface area contributed by atoms with Crippen molar-refractivity contribution in [2.24, 2.45) is 5.73 Å². The van der Waals surface area contributed by atoms with Crippen molar-refractivity contribution in [2.45, 2.75) is 13.5 Å². The molecule has 0 heterocycles. The second-order valence-electron chi connectivity index (χ2n) is 3.03. The summed E-state index contributed by atoms with van der Waals surface area (Å²) in [4.78, 5) is 11.5. The predicted octanol–water partition coefficient (Wildman–Crippen LogP) is 1.85. The molecule has 0 bridgehead atoms. The molecule has 0 aromatic heterocycles. The van der Waals surface area contributed by atoms with Gasteiger partial charge in [0.25, 0.3) is 0 Å². The average molecular weight is 239 g/mol. The van der Waals surface area contributed by atoms with Crippen molar-refractivity contribution in [2.75, 3.05) is 6.61 Å². The Morgan fingerprint density at radius 2 is 2.31 bits per heavy atom. The maximum Gasteiger partial charge on any atom is 0.339 e. The molecule has 0 unspecified atom stereocenters. The molecule has 0 aliphatic heterocycles. The molecule has 16 heavy (non-hydrogen) atoms. The number of ether oxygens (including phenoxy) is 1. The first-order valence-electron chi connectivity index (χ1n) is 4.73. The Labute approximate surface area is 98.6 Å². The Balaban J connectivity index is 3.24. The molecule has 4 nitrogen and oxygen atoms in total. The minimum absolute atomic E-state index is 0.173. The summed E-state index contributed by atoms with van der Waals surface area (Å²) in [6, 6.07) is 4.85. The topological polar surface area (TPSA) is 76.1 Å². The van der Waals surface area contributed by atoms with E-state index < -0.39 is 5.97 Å². The fraction of sp³-hybridized carbons (Fsp3) is 0.273. The van der Waals surface area contributed by atoms with Crippen LogP contribution in [0.5, 0.6) is 0 Å². The van der Waals surface area contributed by atoms with E-state index in [4.69, 9.17) is 27.3 Å². The van der Waals surface area contributed by atoms with E-state index in [0.29, 0.717) is 10.6 Å². The van der Waals surface area contributed by atoms with Gasteiger partial charge in [0, 0.05) is 11.6 Å². The number of esters is 1. The number of nitrogens with zero attached hydrogens (tertiary/aromatic N) is 1. The maximum absolute atomic E-state index is 11.5. The van der Waals surface area contributed by atoms with E-state index in [2.05, 4.69) is 0 Å². The lowest BCUT2D eigenvalue weighted by atomic mass is 10.0. The number of nitrogens with two attached hydrogens (primary N) is 1. The molecule has 0 spiro atoms. The fourth-order valence-corrected chi connectivity index (χ4v) is 1.49. The van der Waals surface area contributed by atoms with E-state index in [0.717, 1.165) is 0 Å². The third-order valence-corrected chi connectivity index (χ3v) is 2.37. The zero-order valence-electron chi connectivity index (χ0n) is 8.79. The Hall–Kier alpha value is -1.57. The van der Waals surface area contributed by atoms with Crippen molar-refractivity contribution < 1.29 is 9.53 Å². The van der Waals surface area contributed by atoms with Crippen molar-refractivity contribution in [1.82, 2.24) is 0 Å². The molecule has 0 fully saturated rings. The first kappa shape index (κ1) is 12.5. The number of carbonyl (C=O) groups excluding carboxylic acids is 1. The van der Waals surface area contributed by atoms with E-state index in [1.54, 1.807) is 6.92 Å². The molecule has 1 aromatic rings. The molecule has 0 aliphatic carbocycles. The van der Waals surface area contributed by atoms with E-state index in [1.807, 2.05) is 6.07 Å². The van der Waals surface area contributed by atoms with Crippen molar-refractivity contribution in [3.05, 3.63) is 33.8 Å². The molecule has 0 amide bonds. The Kier molecular flexibility index (Phi) is 4.29. The molecule has 0 saturated carbocycles. The van der Waals surface area contributed by atoms with Gasteiger partial charge >= 0.3 is 5.97 Å². The largest absolute Gasteiger partial charge is 0.462 e. The second kappa shape index (κ2) is 5.50. The molecule has 0 radical (unpaired) electrons. The van der Waals surface area contributed by atoms with E-state index >= 15 is 0 Å². The number of rotatable bonds is 3. The minimum atomic E-state index is -0.551. The number of halogens is 1. The van der Waals surface area contributed by atoms with Gasteiger partial charge in [0.2, 0.25) is 0 Å². The quantitative estimate of drug-likeness (QED) is 0.816. The molecule has 2 N–H and O–H groups in total. The average Bonchev–Trinajstić information content (AvgIpc) is 2.29. The van der Waals surface area contributed by atoms with E-state index in [1.165, 1.54) is 12.1 Å².